The van der Waals surface area contributed by atoms with Crippen LogP contribution in [0.1, 0.15) is 12.8 Å². The summed E-state index contributed by atoms with van der Waals surface area (Å²) in [6.07, 6.45) is 1.71. The average molecular weight is 283 g/mol. The number of carbonyl (C=O) groups is 1. The number of halogens is 1. The first-order chi connectivity index (χ1) is 7.75. The minimum Gasteiger partial charge on any atom is -0.325 e. The second-order valence-electron chi connectivity index (χ2n) is 4.09. The van der Waals surface area contributed by atoms with Gasteiger partial charge >= 0.3 is 0 Å². The van der Waals surface area contributed by atoms with Crippen LogP contribution in [-0.2, 0) is 4.79 Å². The highest BCUT2D eigenvalue weighted by Gasteiger charge is 2.18. The predicted molar refractivity (Wildman–Crippen MR) is 68.4 cm³/mol. The Labute approximate surface area is 104 Å². The molecule has 4 heteroatoms. The van der Waals surface area contributed by atoms with Gasteiger partial charge in [0.15, 0.2) is 0 Å². The van der Waals surface area contributed by atoms with Crippen LogP contribution in [0, 0.1) is 5.92 Å². The van der Waals surface area contributed by atoms with E-state index in [2.05, 4.69) is 26.6 Å². The van der Waals surface area contributed by atoms with Crippen LogP contribution in [0.5, 0.6) is 0 Å². The highest BCUT2D eigenvalue weighted by molar-refractivity contribution is 9.10. The van der Waals surface area contributed by atoms with Crippen molar-refractivity contribution in [3.8, 4) is 0 Å². The molecule has 2 N–H and O–H groups in total. The molecule has 0 aromatic heterocycles. The normalized spacial score (nSPS) is 19.7. The maximum atomic E-state index is 11.8. The van der Waals surface area contributed by atoms with Crippen molar-refractivity contribution in [2.24, 2.45) is 5.92 Å². The molecule has 0 bridgehead atoms. The lowest BCUT2D eigenvalue weighted by molar-refractivity contribution is -0.116. The zero-order valence-electron chi connectivity index (χ0n) is 9.00. The minimum absolute atomic E-state index is 0.0978. The number of carbonyl (C=O) groups excluding carboxylic acids is 1. The van der Waals surface area contributed by atoms with Crippen LogP contribution in [0.4, 0.5) is 5.69 Å². The molecule has 1 atom stereocenters. The van der Waals surface area contributed by atoms with Crippen molar-refractivity contribution in [3.05, 3.63) is 28.7 Å². The third-order valence-electron chi connectivity index (χ3n) is 2.78. The van der Waals surface area contributed by atoms with E-state index in [1.165, 1.54) is 0 Å². The lowest BCUT2D eigenvalue weighted by Crippen LogP contribution is -2.18. The molecule has 3 nitrogen and oxygen atoms in total. The number of benzene rings is 1. The van der Waals surface area contributed by atoms with Crippen molar-refractivity contribution in [1.29, 1.82) is 0 Å². The smallest absolute Gasteiger partial charge is 0.224 e. The number of nitrogens with one attached hydrogen (secondary N) is 2. The lowest BCUT2D eigenvalue weighted by Gasteiger charge is -2.10. The molecule has 1 aliphatic rings. The fourth-order valence-corrected chi connectivity index (χ4v) is 2.30. The van der Waals surface area contributed by atoms with E-state index in [-0.39, 0.29) is 5.91 Å². The topological polar surface area (TPSA) is 41.1 Å². The van der Waals surface area contributed by atoms with Crippen LogP contribution >= 0.6 is 15.9 Å². The monoisotopic (exact) mass is 282 g/mol. The molecule has 2 rings (SSSR count). The van der Waals surface area contributed by atoms with Gasteiger partial charge in [0.25, 0.3) is 0 Å². The van der Waals surface area contributed by atoms with E-state index in [0.717, 1.165) is 29.7 Å². The third kappa shape index (κ3) is 3.06. The van der Waals surface area contributed by atoms with Gasteiger partial charge in [-0.1, -0.05) is 12.1 Å². The molecule has 1 aromatic carbocycles. The summed E-state index contributed by atoms with van der Waals surface area (Å²) in [5.74, 6) is 0.586. The second-order valence-corrected chi connectivity index (χ2v) is 4.95. The van der Waals surface area contributed by atoms with E-state index in [1.807, 2.05) is 24.3 Å². The molecule has 1 unspecified atom stereocenters. The average Bonchev–Trinajstić information content (AvgIpc) is 2.74. The fourth-order valence-electron chi connectivity index (χ4n) is 1.91. The Balaban J connectivity index is 1.89. The maximum Gasteiger partial charge on any atom is 0.224 e. The lowest BCUT2D eigenvalue weighted by atomic mass is 10.0. The number of para-hydroxylation sites is 1. The van der Waals surface area contributed by atoms with Crippen LogP contribution in [0.15, 0.2) is 28.7 Å². The van der Waals surface area contributed by atoms with Crippen LogP contribution < -0.4 is 10.6 Å². The summed E-state index contributed by atoms with van der Waals surface area (Å²) in [6.45, 7) is 2.00. The summed E-state index contributed by atoms with van der Waals surface area (Å²) >= 11 is 3.41. The minimum atomic E-state index is 0.0978. The molecule has 86 valence electrons. The fraction of sp³-hybridized carbons (Fsp3) is 0.417. The number of amides is 1. The highest BCUT2D eigenvalue weighted by atomic mass is 79.9. The molecule has 1 aliphatic heterocycles. The highest BCUT2D eigenvalue weighted by Crippen LogP contribution is 2.22. The molecule has 0 radical (unpaired) electrons. The summed E-state index contributed by atoms with van der Waals surface area (Å²) in [6, 6.07) is 7.67. The molecule has 16 heavy (non-hydrogen) atoms. The standard InChI is InChI=1S/C12H15BrN2O/c13-10-3-1-2-4-11(10)15-12(16)7-9-5-6-14-8-9/h1-4,9,14H,5-8H2,(H,15,16). The Bertz CT molecular complexity index is 375. The SMILES string of the molecule is O=C(CC1CCNC1)Nc1ccccc1Br. The maximum absolute atomic E-state index is 11.8. The number of hydrogen-bond donors (Lipinski definition) is 2. The van der Waals surface area contributed by atoms with Gasteiger partial charge in [0.1, 0.15) is 0 Å². The molecule has 0 spiro atoms. The van der Waals surface area contributed by atoms with Gasteiger partial charge in [-0.3, -0.25) is 4.79 Å². The molecule has 1 heterocycles. The van der Waals surface area contributed by atoms with Crippen molar-refractivity contribution >= 4 is 27.5 Å². The van der Waals surface area contributed by atoms with E-state index in [1.54, 1.807) is 0 Å². The van der Waals surface area contributed by atoms with Gasteiger partial charge in [-0.15, -0.1) is 0 Å². The summed E-state index contributed by atoms with van der Waals surface area (Å²) in [7, 11) is 0. The van der Waals surface area contributed by atoms with E-state index < -0.39 is 0 Å². The van der Waals surface area contributed by atoms with E-state index in [0.29, 0.717) is 12.3 Å². The Morgan fingerprint density at radius 3 is 3.00 bits per heavy atom. The first kappa shape index (κ1) is 11.6. The summed E-state index contributed by atoms with van der Waals surface area (Å²) in [5.41, 5.74) is 0.846. The van der Waals surface area contributed by atoms with Gasteiger partial charge in [-0.05, 0) is 53.5 Å². The van der Waals surface area contributed by atoms with Gasteiger partial charge in [0.2, 0.25) is 5.91 Å². The molecular formula is C12H15BrN2O. The van der Waals surface area contributed by atoms with Crippen molar-refractivity contribution in [2.45, 2.75) is 12.8 Å². The molecule has 0 saturated carbocycles. The van der Waals surface area contributed by atoms with E-state index in [9.17, 15) is 4.79 Å². The number of hydrogen-bond acceptors (Lipinski definition) is 2. The molecular weight excluding hydrogens is 268 g/mol. The summed E-state index contributed by atoms with van der Waals surface area (Å²) < 4.78 is 0.924. The van der Waals surface area contributed by atoms with Crippen LogP contribution in [0.2, 0.25) is 0 Å². The molecule has 1 saturated heterocycles. The van der Waals surface area contributed by atoms with Crippen LogP contribution in [0.25, 0.3) is 0 Å². The summed E-state index contributed by atoms with van der Waals surface area (Å²) in [5, 5.41) is 6.19. The quantitative estimate of drug-likeness (QED) is 0.894. The molecule has 1 fully saturated rings. The second kappa shape index (κ2) is 5.46. The van der Waals surface area contributed by atoms with Gasteiger partial charge in [-0.25, -0.2) is 0 Å². The molecule has 0 aliphatic carbocycles. The molecule has 1 aromatic rings. The third-order valence-corrected chi connectivity index (χ3v) is 3.48. The van der Waals surface area contributed by atoms with E-state index >= 15 is 0 Å². The zero-order chi connectivity index (χ0) is 11.4. The van der Waals surface area contributed by atoms with E-state index in [4.69, 9.17) is 0 Å². The van der Waals surface area contributed by atoms with Crippen molar-refractivity contribution in [3.63, 3.8) is 0 Å². The van der Waals surface area contributed by atoms with Crippen LogP contribution in [-0.4, -0.2) is 19.0 Å². The molecule has 1 amide bonds. The Morgan fingerprint density at radius 2 is 2.31 bits per heavy atom. The Hall–Kier alpha value is -0.870. The Morgan fingerprint density at radius 1 is 1.50 bits per heavy atom. The summed E-state index contributed by atoms with van der Waals surface area (Å²) in [4.78, 5) is 11.8. The predicted octanol–water partition coefficient (Wildman–Crippen LogP) is 2.39. The number of anilines is 1. The Kier molecular flexibility index (Phi) is 3.96. The van der Waals surface area contributed by atoms with Gasteiger partial charge in [0.05, 0.1) is 5.69 Å². The van der Waals surface area contributed by atoms with Crippen molar-refractivity contribution in [1.82, 2.24) is 5.32 Å². The largest absolute Gasteiger partial charge is 0.325 e. The zero-order valence-corrected chi connectivity index (χ0v) is 10.6. The van der Waals surface area contributed by atoms with Crippen molar-refractivity contribution < 1.29 is 4.79 Å². The number of rotatable bonds is 3. The van der Waals surface area contributed by atoms with Gasteiger partial charge in [-0.2, -0.15) is 0 Å². The first-order valence-electron chi connectivity index (χ1n) is 5.51. The first-order valence-corrected chi connectivity index (χ1v) is 6.30. The van der Waals surface area contributed by atoms with Gasteiger partial charge < -0.3 is 10.6 Å². The van der Waals surface area contributed by atoms with Crippen LogP contribution in [0.3, 0.4) is 0 Å². The van der Waals surface area contributed by atoms with Gasteiger partial charge in [0, 0.05) is 10.9 Å². The van der Waals surface area contributed by atoms with Crippen molar-refractivity contribution in [2.75, 3.05) is 18.4 Å².